The van der Waals surface area contributed by atoms with Gasteiger partial charge in [0.25, 0.3) is 5.91 Å². The van der Waals surface area contributed by atoms with Gasteiger partial charge in [-0.15, -0.1) is 0 Å². The van der Waals surface area contributed by atoms with E-state index < -0.39 is 27.7 Å². The molecule has 2 aromatic rings. The van der Waals surface area contributed by atoms with E-state index in [1.807, 2.05) is 0 Å². The fraction of sp³-hybridized carbons (Fsp3) is 0.316. The highest BCUT2D eigenvalue weighted by molar-refractivity contribution is 7.89. The van der Waals surface area contributed by atoms with Crippen molar-refractivity contribution in [2.24, 2.45) is 0 Å². The molecule has 3 rings (SSSR count). The summed E-state index contributed by atoms with van der Waals surface area (Å²) in [5.41, 5.74) is -1.45. The molecule has 1 aliphatic rings. The van der Waals surface area contributed by atoms with E-state index >= 15 is 0 Å². The van der Waals surface area contributed by atoms with Crippen molar-refractivity contribution in [2.45, 2.75) is 30.3 Å². The van der Waals surface area contributed by atoms with Gasteiger partial charge in [0.1, 0.15) is 0 Å². The maximum Gasteiger partial charge on any atom is 0.416 e. The number of hydrogen-bond acceptors (Lipinski definition) is 3. The summed E-state index contributed by atoms with van der Waals surface area (Å²) in [6.07, 6.45) is -2.19. The molecule has 0 bridgehead atoms. The monoisotopic (exact) mass is 480 g/mol. The highest BCUT2D eigenvalue weighted by Gasteiger charge is 2.31. The summed E-state index contributed by atoms with van der Waals surface area (Å²) in [7, 11) is -3.82. The Labute approximate surface area is 181 Å². The Morgan fingerprint density at radius 3 is 2.23 bits per heavy atom. The number of halogens is 5. The van der Waals surface area contributed by atoms with Crippen LogP contribution in [0.1, 0.15) is 35.2 Å². The number of rotatable bonds is 4. The normalized spacial score (nSPS) is 15.8. The number of hydrogen-bond donors (Lipinski definition) is 1. The number of alkyl halides is 3. The van der Waals surface area contributed by atoms with Gasteiger partial charge in [-0.05, 0) is 49.2 Å². The summed E-state index contributed by atoms with van der Waals surface area (Å²) in [6, 6.07) is 6.17. The second kappa shape index (κ2) is 8.74. The van der Waals surface area contributed by atoms with Crippen molar-refractivity contribution in [3.05, 3.63) is 57.6 Å². The van der Waals surface area contributed by atoms with E-state index in [9.17, 15) is 26.4 Å². The lowest BCUT2D eigenvalue weighted by molar-refractivity contribution is -0.137. The quantitative estimate of drug-likeness (QED) is 0.633. The Kier molecular flexibility index (Phi) is 6.66. The van der Waals surface area contributed by atoms with Crippen LogP contribution in [0.3, 0.4) is 0 Å². The zero-order valence-electron chi connectivity index (χ0n) is 15.5. The van der Waals surface area contributed by atoms with Crippen LogP contribution in [0.4, 0.5) is 18.9 Å². The Bertz CT molecular complexity index is 1070. The molecular weight excluding hydrogens is 464 g/mol. The molecule has 162 valence electrons. The number of anilines is 1. The molecule has 1 N–H and O–H groups in total. The van der Waals surface area contributed by atoms with Gasteiger partial charge in [-0.25, -0.2) is 8.42 Å². The van der Waals surface area contributed by atoms with E-state index in [1.54, 1.807) is 0 Å². The second-order valence-electron chi connectivity index (χ2n) is 6.75. The van der Waals surface area contributed by atoms with Crippen LogP contribution in [-0.2, 0) is 16.2 Å². The first-order valence-corrected chi connectivity index (χ1v) is 11.2. The summed E-state index contributed by atoms with van der Waals surface area (Å²) in [5.74, 6) is -0.878. The topological polar surface area (TPSA) is 66.5 Å². The maximum absolute atomic E-state index is 12.9. The SMILES string of the molecule is O=C(Nc1cc(C(F)(F)F)ccc1Cl)c1cc(S(=O)(=O)N2CCCCC2)ccc1Cl. The number of nitrogens with one attached hydrogen (secondary N) is 1. The van der Waals surface area contributed by atoms with Gasteiger partial charge < -0.3 is 5.32 Å². The molecule has 30 heavy (non-hydrogen) atoms. The summed E-state index contributed by atoms with van der Waals surface area (Å²) in [5, 5.41) is 2.12. The van der Waals surface area contributed by atoms with E-state index in [1.165, 1.54) is 16.4 Å². The van der Waals surface area contributed by atoms with Crippen molar-refractivity contribution in [3.63, 3.8) is 0 Å². The van der Waals surface area contributed by atoms with Crippen molar-refractivity contribution in [2.75, 3.05) is 18.4 Å². The average Bonchev–Trinajstić information content (AvgIpc) is 2.69. The summed E-state index contributed by atoms with van der Waals surface area (Å²) < 4.78 is 65.8. The largest absolute Gasteiger partial charge is 0.416 e. The fourth-order valence-electron chi connectivity index (χ4n) is 3.08. The molecule has 11 heteroatoms. The number of amides is 1. The average molecular weight is 481 g/mol. The van der Waals surface area contributed by atoms with Crippen LogP contribution in [0.15, 0.2) is 41.3 Å². The predicted molar refractivity (Wildman–Crippen MR) is 108 cm³/mol. The minimum absolute atomic E-state index is 0.0480. The standard InChI is InChI=1S/C19H17Cl2F3N2O3S/c20-15-7-5-13(30(28,29)26-8-2-1-3-9-26)11-14(15)18(27)25-17-10-12(19(22,23)24)4-6-16(17)21/h4-7,10-11H,1-3,8-9H2,(H,25,27). The van der Waals surface area contributed by atoms with Crippen LogP contribution in [0.2, 0.25) is 10.0 Å². The summed E-state index contributed by atoms with van der Waals surface area (Å²) in [4.78, 5) is 12.5. The lowest BCUT2D eigenvalue weighted by Gasteiger charge is -2.26. The van der Waals surface area contributed by atoms with Crippen LogP contribution >= 0.6 is 23.2 Å². The lowest BCUT2D eigenvalue weighted by atomic mass is 10.1. The number of benzene rings is 2. The van der Waals surface area contributed by atoms with Gasteiger partial charge in [0.05, 0.1) is 31.8 Å². The zero-order chi connectivity index (χ0) is 22.1. The van der Waals surface area contributed by atoms with Crippen LogP contribution < -0.4 is 5.32 Å². The van der Waals surface area contributed by atoms with E-state index in [0.717, 1.165) is 37.5 Å². The molecule has 0 aromatic heterocycles. The molecule has 0 spiro atoms. The Morgan fingerprint density at radius 2 is 1.60 bits per heavy atom. The van der Waals surface area contributed by atoms with Gasteiger partial charge in [0.15, 0.2) is 0 Å². The highest BCUT2D eigenvalue weighted by atomic mass is 35.5. The third-order valence-corrected chi connectivity index (χ3v) is 7.23. The Hall–Kier alpha value is -1.81. The molecule has 2 aromatic carbocycles. The van der Waals surface area contributed by atoms with Crippen molar-refractivity contribution in [3.8, 4) is 0 Å². The molecule has 1 fully saturated rings. The van der Waals surface area contributed by atoms with Gasteiger partial charge in [0, 0.05) is 13.1 Å². The lowest BCUT2D eigenvalue weighted by Crippen LogP contribution is -2.35. The van der Waals surface area contributed by atoms with Crippen LogP contribution in [-0.4, -0.2) is 31.7 Å². The van der Waals surface area contributed by atoms with Gasteiger partial charge in [0.2, 0.25) is 10.0 Å². The molecule has 1 saturated heterocycles. The molecule has 0 aliphatic carbocycles. The van der Waals surface area contributed by atoms with Crippen molar-refractivity contribution < 1.29 is 26.4 Å². The van der Waals surface area contributed by atoms with Crippen molar-refractivity contribution in [1.82, 2.24) is 4.31 Å². The molecule has 0 atom stereocenters. The van der Waals surface area contributed by atoms with Crippen LogP contribution in [0, 0.1) is 0 Å². The Balaban J connectivity index is 1.91. The predicted octanol–water partition coefficient (Wildman–Crippen LogP) is 5.44. The van der Waals surface area contributed by atoms with Gasteiger partial charge in [-0.1, -0.05) is 29.6 Å². The third-order valence-electron chi connectivity index (χ3n) is 4.68. The third kappa shape index (κ3) is 4.91. The zero-order valence-corrected chi connectivity index (χ0v) is 17.8. The molecule has 1 aliphatic heterocycles. The van der Waals surface area contributed by atoms with Crippen LogP contribution in [0.25, 0.3) is 0 Å². The van der Waals surface area contributed by atoms with E-state index in [0.29, 0.717) is 19.2 Å². The number of carbonyl (C=O) groups excluding carboxylic acids is 1. The second-order valence-corrected chi connectivity index (χ2v) is 9.51. The van der Waals surface area contributed by atoms with Crippen LogP contribution in [0.5, 0.6) is 0 Å². The maximum atomic E-state index is 12.9. The Morgan fingerprint density at radius 1 is 0.967 bits per heavy atom. The van der Waals surface area contributed by atoms with E-state index in [4.69, 9.17) is 23.2 Å². The number of carbonyl (C=O) groups is 1. The highest BCUT2D eigenvalue weighted by Crippen LogP contribution is 2.34. The molecule has 1 amide bonds. The molecular formula is C19H17Cl2F3N2O3S. The van der Waals surface area contributed by atoms with Gasteiger partial charge in [-0.2, -0.15) is 17.5 Å². The van der Waals surface area contributed by atoms with Crippen molar-refractivity contribution in [1.29, 1.82) is 0 Å². The minimum Gasteiger partial charge on any atom is -0.321 e. The van der Waals surface area contributed by atoms with E-state index in [-0.39, 0.29) is 26.2 Å². The fourth-order valence-corrected chi connectivity index (χ4v) is 4.99. The molecule has 1 heterocycles. The molecule has 0 saturated carbocycles. The van der Waals surface area contributed by atoms with Gasteiger partial charge >= 0.3 is 6.18 Å². The molecule has 0 radical (unpaired) electrons. The van der Waals surface area contributed by atoms with Crippen molar-refractivity contribution >= 4 is 44.8 Å². The van der Waals surface area contributed by atoms with Gasteiger partial charge in [-0.3, -0.25) is 4.79 Å². The summed E-state index contributed by atoms with van der Waals surface area (Å²) >= 11 is 12.0. The molecule has 0 unspecified atom stereocenters. The number of sulfonamides is 1. The minimum atomic E-state index is -4.62. The first-order valence-electron chi connectivity index (χ1n) is 8.98. The first-order chi connectivity index (χ1) is 14.0. The smallest absolute Gasteiger partial charge is 0.321 e. The first kappa shape index (κ1) is 22.9. The number of nitrogens with zero attached hydrogens (tertiary/aromatic N) is 1. The van der Waals surface area contributed by atoms with E-state index in [2.05, 4.69) is 5.32 Å². The summed E-state index contributed by atoms with van der Waals surface area (Å²) in [6.45, 7) is 0.763. The molecule has 5 nitrogen and oxygen atoms in total. The number of piperidine rings is 1.